The van der Waals surface area contributed by atoms with Crippen LogP contribution in [0.1, 0.15) is 30.9 Å². The molecule has 4 N–H and O–H groups in total. The highest BCUT2D eigenvalue weighted by Crippen LogP contribution is 2.45. The van der Waals surface area contributed by atoms with Crippen molar-refractivity contribution in [3.63, 3.8) is 0 Å². The maximum absolute atomic E-state index is 9.80. The molecule has 1 aliphatic rings. The highest BCUT2D eigenvalue weighted by atomic mass is 16.5. The van der Waals surface area contributed by atoms with Crippen LogP contribution in [0.5, 0.6) is 17.2 Å². The summed E-state index contributed by atoms with van der Waals surface area (Å²) in [4.78, 5) is 0. The van der Waals surface area contributed by atoms with E-state index in [-0.39, 0.29) is 11.6 Å². The number of nitriles is 1. The summed E-state index contributed by atoms with van der Waals surface area (Å²) < 4.78 is 11.4. The van der Waals surface area contributed by atoms with Gasteiger partial charge in [0.25, 0.3) is 0 Å². The number of anilines is 1. The molecular weight excluding hydrogens is 330 g/mol. The zero-order valence-electron chi connectivity index (χ0n) is 14.7. The first-order valence-corrected chi connectivity index (χ1v) is 8.48. The molecule has 1 heterocycles. The molecule has 26 heavy (non-hydrogen) atoms. The lowest BCUT2D eigenvalue weighted by atomic mass is 9.81. The number of nitrogens with one attached hydrogen (secondary N) is 1. The van der Waals surface area contributed by atoms with Crippen molar-refractivity contribution >= 4 is 5.69 Å². The number of phenolic OH excluding ortho intramolecular Hbond substituents is 1. The second kappa shape index (κ2) is 7.28. The van der Waals surface area contributed by atoms with Gasteiger partial charge in [-0.15, -0.1) is 0 Å². The number of nitrogens with zero attached hydrogens (tertiary/aromatic N) is 1. The molecule has 6 heteroatoms. The molecule has 0 bridgehead atoms. The van der Waals surface area contributed by atoms with Crippen molar-refractivity contribution in [2.45, 2.75) is 19.8 Å². The number of nitrogens with two attached hydrogens (primary N) is 1. The number of aromatic hydroxyl groups is 1. The van der Waals surface area contributed by atoms with Gasteiger partial charge in [0.05, 0.1) is 30.8 Å². The van der Waals surface area contributed by atoms with Gasteiger partial charge < -0.3 is 25.6 Å². The molecule has 0 spiro atoms. The summed E-state index contributed by atoms with van der Waals surface area (Å²) in [5, 5.41) is 22.5. The Morgan fingerprint density at radius 1 is 1.12 bits per heavy atom. The topological polar surface area (TPSA) is 101 Å². The fraction of sp³-hybridized carbons (Fsp3) is 0.250. The van der Waals surface area contributed by atoms with Gasteiger partial charge in [0, 0.05) is 17.3 Å². The molecule has 0 aromatic heterocycles. The van der Waals surface area contributed by atoms with Crippen molar-refractivity contribution in [1.29, 1.82) is 5.26 Å². The molecule has 1 atom stereocenters. The fourth-order valence-electron chi connectivity index (χ4n) is 3.17. The molecule has 0 saturated heterocycles. The van der Waals surface area contributed by atoms with Crippen LogP contribution in [0.4, 0.5) is 5.69 Å². The van der Waals surface area contributed by atoms with Crippen molar-refractivity contribution in [2.75, 3.05) is 18.5 Å². The highest BCUT2D eigenvalue weighted by molar-refractivity contribution is 5.70. The predicted molar refractivity (Wildman–Crippen MR) is 99.2 cm³/mol. The van der Waals surface area contributed by atoms with Gasteiger partial charge in [0.2, 0.25) is 0 Å². The molecule has 2 aromatic carbocycles. The molecule has 0 saturated carbocycles. The van der Waals surface area contributed by atoms with Crippen molar-refractivity contribution in [3.8, 4) is 23.3 Å². The van der Waals surface area contributed by atoms with E-state index in [1.165, 1.54) is 0 Å². The third-order valence-corrected chi connectivity index (χ3v) is 4.22. The van der Waals surface area contributed by atoms with Gasteiger partial charge >= 0.3 is 0 Å². The maximum Gasteiger partial charge on any atom is 0.123 e. The zero-order valence-corrected chi connectivity index (χ0v) is 14.7. The first kappa shape index (κ1) is 17.5. The van der Waals surface area contributed by atoms with Crippen molar-refractivity contribution in [2.24, 2.45) is 5.73 Å². The van der Waals surface area contributed by atoms with Crippen LogP contribution < -0.4 is 20.5 Å². The minimum absolute atomic E-state index is 0.122. The summed E-state index contributed by atoms with van der Waals surface area (Å²) >= 11 is 0. The van der Waals surface area contributed by atoms with E-state index < -0.39 is 5.92 Å². The molecule has 2 aromatic rings. The lowest BCUT2D eigenvalue weighted by molar-refractivity contribution is 0.327. The number of ether oxygens (including phenoxy) is 2. The largest absolute Gasteiger partial charge is 0.508 e. The van der Waals surface area contributed by atoms with Crippen LogP contribution in [-0.2, 0) is 0 Å². The van der Waals surface area contributed by atoms with Crippen molar-refractivity contribution in [1.82, 2.24) is 0 Å². The molecule has 0 radical (unpaired) electrons. The number of fused-ring (bicyclic) bond motifs is 1. The SMILES string of the molecule is CCOc1ccc(OCC)c([C@H]2C(C#N)=C(N)Nc3cc(O)ccc32)c1. The minimum Gasteiger partial charge on any atom is -0.508 e. The van der Waals surface area contributed by atoms with Gasteiger partial charge in [-0.25, -0.2) is 0 Å². The molecule has 134 valence electrons. The van der Waals surface area contributed by atoms with Crippen LogP contribution in [-0.4, -0.2) is 18.3 Å². The van der Waals surface area contributed by atoms with E-state index in [0.717, 1.165) is 11.1 Å². The monoisotopic (exact) mass is 351 g/mol. The fourth-order valence-corrected chi connectivity index (χ4v) is 3.17. The Labute approximate surface area is 152 Å². The average Bonchev–Trinajstić information content (AvgIpc) is 2.62. The number of allylic oxidation sites excluding steroid dienone is 1. The summed E-state index contributed by atoms with van der Waals surface area (Å²) in [5.41, 5.74) is 8.79. The summed E-state index contributed by atoms with van der Waals surface area (Å²) in [6.07, 6.45) is 0. The van der Waals surface area contributed by atoms with Gasteiger partial charge in [-0.3, -0.25) is 0 Å². The molecule has 3 rings (SSSR count). The third kappa shape index (κ3) is 3.11. The number of phenols is 1. The Bertz CT molecular complexity index is 900. The highest BCUT2D eigenvalue weighted by Gasteiger charge is 2.31. The molecule has 0 unspecified atom stereocenters. The first-order chi connectivity index (χ1) is 12.6. The molecule has 0 fully saturated rings. The standard InChI is InChI=1S/C20H21N3O3/c1-3-25-13-6-8-18(26-4-2)15(10-13)19-14-7-5-12(24)9-17(14)23-20(22)16(19)11-21/h5-10,19,23-24H,3-4,22H2,1-2H3/t19-/m0/s1. The first-order valence-electron chi connectivity index (χ1n) is 8.48. The number of benzene rings is 2. The van der Waals surface area contributed by atoms with E-state index in [1.54, 1.807) is 18.2 Å². The average molecular weight is 351 g/mol. The Morgan fingerprint density at radius 2 is 1.88 bits per heavy atom. The van der Waals surface area contributed by atoms with Crippen molar-refractivity contribution < 1.29 is 14.6 Å². The Kier molecular flexibility index (Phi) is 4.90. The normalized spacial score (nSPS) is 15.7. The number of hydrogen-bond donors (Lipinski definition) is 3. The number of rotatable bonds is 5. The van der Waals surface area contributed by atoms with Gasteiger partial charge in [-0.05, 0) is 43.7 Å². The van der Waals surface area contributed by atoms with Crippen LogP contribution in [0.25, 0.3) is 0 Å². The molecule has 1 aliphatic heterocycles. The van der Waals surface area contributed by atoms with E-state index in [4.69, 9.17) is 15.2 Å². The lowest BCUT2D eigenvalue weighted by Crippen LogP contribution is -2.23. The van der Waals surface area contributed by atoms with Gasteiger partial charge in [-0.1, -0.05) is 6.07 Å². The van der Waals surface area contributed by atoms with Crippen LogP contribution >= 0.6 is 0 Å². The van der Waals surface area contributed by atoms with Gasteiger partial charge in [0.1, 0.15) is 23.1 Å². The third-order valence-electron chi connectivity index (χ3n) is 4.22. The van der Waals surface area contributed by atoms with E-state index >= 15 is 0 Å². The van der Waals surface area contributed by atoms with Crippen molar-refractivity contribution in [3.05, 3.63) is 58.9 Å². The molecule has 0 aliphatic carbocycles. The molecule has 0 amide bonds. The van der Waals surface area contributed by atoms with E-state index in [2.05, 4.69) is 11.4 Å². The summed E-state index contributed by atoms with van der Waals surface area (Å²) in [6.45, 7) is 4.85. The quantitative estimate of drug-likeness (QED) is 0.763. The van der Waals surface area contributed by atoms with E-state index in [9.17, 15) is 10.4 Å². The van der Waals surface area contributed by atoms with Gasteiger partial charge in [-0.2, -0.15) is 5.26 Å². The minimum atomic E-state index is -0.418. The summed E-state index contributed by atoms with van der Waals surface area (Å²) in [5.74, 6) is 1.33. The zero-order chi connectivity index (χ0) is 18.7. The lowest BCUT2D eigenvalue weighted by Gasteiger charge is -2.29. The van der Waals surface area contributed by atoms with E-state index in [1.807, 2.05) is 32.0 Å². The Balaban J connectivity index is 2.23. The predicted octanol–water partition coefficient (Wildman–Crippen LogP) is 3.44. The van der Waals surface area contributed by atoms with Crippen LogP contribution in [0.2, 0.25) is 0 Å². The smallest absolute Gasteiger partial charge is 0.123 e. The van der Waals surface area contributed by atoms with E-state index in [0.29, 0.717) is 36.0 Å². The second-order valence-electron chi connectivity index (χ2n) is 5.83. The van der Waals surface area contributed by atoms with Gasteiger partial charge in [0.15, 0.2) is 0 Å². The molecule has 6 nitrogen and oxygen atoms in total. The Hall–Kier alpha value is -3.33. The van der Waals surface area contributed by atoms with Crippen LogP contribution in [0, 0.1) is 11.3 Å². The van der Waals surface area contributed by atoms with Crippen LogP contribution in [0.15, 0.2) is 47.8 Å². The number of hydrogen-bond acceptors (Lipinski definition) is 6. The molecular formula is C20H21N3O3. The maximum atomic E-state index is 9.80. The van der Waals surface area contributed by atoms with Crippen LogP contribution in [0.3, 0.4) is 0 Å². The summed E-state index contributed by atoms with van der Waals surface area (Å²) in [6, 6.07) is 12.8. The Morgan fingerprint density at radius 3 is 2.58 bits per heavy atom. The second-order valence-corrected chi connectivity index (χ2v) is 5.83. The summed E-state index contributed by atoms with van der Waals surface area (Å²) in [7, 11) is 0.